The van der Waals surface area contributed by atoms with Crippen LogP contribution in [0.5, 0.6) is 0 Å². The van der Waals surface area contributed by atoms with Crippen molar-refractivity contribution in [2.75, 3.05) is 0 Å². The Hall–Kier alpha value is -1.66. The summed E-state index contributed by atoms with van der Waals surface area (Å²) in [6.07, 6.45) is 1.60. The zero-order chi connectivity index (χ0) is 16.7. The van der Waals surface area contributed by atoms with Crippen LogP contribution in [0.3, 0.4) is 0 Å². The molecule has 0 bridgehead atoms. The summed E-state index contributed by atoms with van der Waals surface area (Å²) in [4.78, 5) is 21.5. The van der Waals surface area contributed by atoms with E-state index in [1.807, 2.05) is 43.3 Å². The molecule has 124 valence electrons. The van der Waals surface area contributed by atoms with Crippen LogP contribution in [0.15, 0.2) is 40.2 Å². The van der Waals surface area contributed by atoms with Crippen molar-refractivity contribution in [2.45, 2.75) is 31.7 Å². The molecule has 0 unspecified atom stereocenters. The molecular formula is C18H18BrN3OS. The average Bonchev–Trinajstić information content (AvgIpc) is 2.97. The molecule has 0 spiro atoms. The van der Waals surface area contributed by atoms with Crippen molar-refractivity contribution in [1.29, 1.82) is 0 Å². The van der Waals surface area contributed by atoms with E-state index in [1.165, 1.54) is 4.88 Å². The Labute approximate surface area is 152 Å². The zero-order valence-electron chi connectivity index (χ0n) is 13.3. The number of rotatable bonds is 5. The highest BCUT2D eigenvalue weighted by Gasteiger charge is 2.41. The van der Waals surface area contributed by atoms with Crippen LogP contribution in [0.2, 0.25) is 0 Å². The van der Waals surface area contributed by atoms with E-state index in [-0.39, 0.29) is 11.9 Å². The fourth-order valence-corrected chi connectivity index (χ4v) is 4.55. The summed E-state index contributed by atoms with van der Waals surface area (Å²) in [6, 6.07) is 12.2. The van der Waals surface area contributed by atoms with E-state index in [0.29, 0.717) is 18.3 Å². The summed E-state index contributed by atoms with van der Waals surface area (Å²) >= 11 is 5.12. The molecule has 3 aromatic rings. The molecule has 1 aliphatic carbocycles. The van der Waals surface area contributed by atoms with Gasteiger partial charge >= 0.3 is 0 Å². The van der Waals surface area contributed by atoms with E-state index in [2.05, 4.69) is 31.2 Å². The van der Waals surface area contributed by atoms with Crippen molar-refractivity contribution in [3.05, 3.63) is 50.9 Å². The van der Waals surface area contributed by atoms with E-state index >= 15 is 0 Å². The number of fused-ring (bicyclic) bond motifs is 1. The number of carbonyl (C=O) groups is 1. The SMILES string of the molecule is C[C@@H](NC(=O)C[C@@H]1C[C@H]1c1nc2ccccc2[nH]1)c1ccc(Br)s1. The van der Waals surface area contributed by atoms with Gasteiger partial charge in [0.05, 0.1) is 20.9 Å². The summed E-state index contributed by atoms with van der Waals surface area (Å²) in [5, 5.41) is 3.10. The summed E-state index contributed by atoms with van der Waals surface area (Å²) < 4.78 is 1.09. The van der Waals surface area contributed by atoms with Gasteiger partial charge in [0, 0.05) is 17.2 Å². The number of imidazole rings is 1. The van der Waals surface area contributed by atoms with Gasteiger partial charge in [-0.15, -0.1) is 11.3 Å². The molecule has 24 heavy (non-hydrogen) atoms. The quantitative estimate of drug-likeness (QED) is 0.644. The molecule has 1 aromatic carbocycles. The number of aromatic nitrogens is 2. The Morgan fingerprint density at radius 2 is 2.25 bits per heavy atom. The number of para-hydroxylation sites is 2. The first-order valence-corrected chi connectivity index (χ1v) is 9.70. The highest BCUT2D eigenvalue weighted by molar-refractivity contribution is 9.11. The second-order valence-corrected chi connectivity index (χ2v) is 8.87. The third-order valence-electron chi connectivity index (χ3n) is 4.53. The predicted molar refractivity (Wildman–Crippen MR) is 100 cm³/mol. The number of nitrogens with zero attached hydrogens (tertiary/aromatic N) is 1. The maximum Gasteiger partial charge on any atom is 0.220 e. The second-order valence-electron chi connectivity index (χ2n) is 6.38. The highest BCUT2D eigenvalue weighted by Crippen LogP contribution is 2.48. The third kappa shape index (κ3) is 3.26. The second kappa shape index (κ2) is 6.33. The van der Waals surface area contributed by atoms with Crippen molar-refractivity contribution < 1.29 is 4.79 Å². The topological polar surface area (TPSA) is 57.8 Å². The Bertz CT molecular complexity index is 854. The standard InChI is InChI=1S/C18H18BrN3OS/c1-10(15-6-7-16(19)24-15)20-17(23)9-11-8-12(11)18-21-13-4-2-3-5-14(13)22-18/h2-7,10-12H,8-9H2,1H3,(H,20,23)(H,21,22)/t10-,11+,12-/m1/s1. The minimum Gasteiger partial charge on any atom is -0.349 e. The number of thiophene rings is 1. The first-order chi connectivity index (χ1) is 11.6. The Morgan fingerprint density at radius 1 is 1.42 bits per heavy atom. The van der Waals surface area contributed by atoms with E-state index in [9.17, 15) is 4.79 Å². The van der Waals surface area contributed by atoms with Gasteiger partial charge in [0.2, 0.25) is 5.91 Å². The molecular weight excluding hydrogens is 386 g/mol. The Morgan fingerprint density at radius 3 is 3.00 bits per heavy atom. The average molecular weight is 404 g/mol. The molecule has 2 aromatic heterocycles. The van der Waals surface area contributed by atoms with Gasteiger partial charge in [-0.2, -0.15) is 0 Å². The minimum atomic E-state index is 0.0530. The van der Waals surface area contributed by atoms with Crippen LogP contribution in [0.1, 0.15) is 42.4 Å². The van der Waals surface area contributed by atoms with E-state index in [0.717, 1.165) is 27.1 Å². The molecule has 1 saturated carbocycles. The number of H-pyrrole nitrogens is 1. The largest absolute Gasteiger partial charge is 0.349 e. The number of aromatic amines is 1. The molecule has 2 heterocycles. The number of hydrogen-bond donors (Lipinski definition) is 2. The van der Waals surface area contributed by atoms with E-state index < -0.39 is 0 Å². The molecule has 6 heteroatoms. The van der Waals surface area contributed by atoms with Crippen LogP contribution in [0, 0.1) is 5.92 Å². The van der Waals surface area contributed by atoms with Gasteiger partial charge in [-0.1, -0.05) is 12.1 Å². The molecule has 1 amide bonds. The van der Waals surface area contributed by atoms with Crippen LogP contribution in [0.25, 0.3) is 11.0 Å². The molecule has 0 aliphatic heterocycles. The van der Waals surface area contributed by atoms with Gasteiger partial charge in [-0.3, -0.25) is 4.79 Å². The molecule has 0 radical (unpaired) electrons. The van der Waals surface area contributed by atoms with Crippen molar-refractivity contribution in [3.8, 4) is 0 Å². The van der Waals surface area contributed by atoms with Crippen molar-refractivity contribution in [3.63, 3.8) is 0 Å². The number of nitrogens with one attached hydrogen (secondary N) is 2. The fraction of sp³-hybridized carbons (Fsp3) is 0.333. The van der Waals surface area contributed by atoms with Gasteiger partial charge < -0.3 is 10.3 Å². The maximum absolute atomic E-state index is 12.3. The molecule has 1 aliphatic rings. The van der Waals surface area contributed by atoms with Crippen LogP contribution in [-0.4, -0.2) is 15.9 Å². The van der Waals surface area contributed by atoms with Gasteiger partial charge in [-0.05, 0) is 59.5 Å². The summed E-state index contributed by atoms with van der Waals surface area (Å²) in [5.41, 5.74) is 2.07. The van der Waals surface area contributed by atoms with E-state index in [4.69, 9.17) is 0 Å². The lowest BCUT2D eigenvalue weighted by Gasteiger charge is -2.11. The first-order valence-electron chi connectivity index (χ1n) is 8.09. The molecule has 4 rings (SSSR count). The van der Waals surface area contributed by atoms with Crippen LogP contribution in [-0.2, 0) is 4.79 Å². The molecule has 1 fully saturated rings. The number of halogens is 1. The number of benzene rings is 1. The fourth-order valence-electron chi connectivity index (χ4n) is 3.13. The Kier molecular flexibility index (Phi) is 4.18. The lowest BCUT2D eigenvalue weighted by molar-refractivity contribution is -0.122. The molecule has 2 N–H and O–H groups in total. The van der Waals surface area contributed by atoms with Gasteiger partial charge in [0.25, 0.3) is 0 Å². The van der Waals surface area contributed by atoms with Crippen molar-refractivity contribution in [1.82, 2.24) is 15.3 Å². The van der Waals surface area contributed by atoms with E-state index in [1.54, 1.807) is 11.3 Å². The smallest absolute Gasteiger partial charge is 0.220 e. The Balaban J connectivity index is 1.34. The lowest BCUT2D eigenvalue weighted by Crippen LogP contribution is -2.26. The number of hydrogen-bond acceptors (Lipinski definition) is 3. The van der Waals surface area contributed by atoms with Gasteiger partial charge in [0.1, 0.15) is 5.82 Å². The maximum atomic E-state index is 12.3. The predicted octanol–water partition coefficient (Wildman–Crippen LogP) is 4.76. The zero-order valence-corrected chi connectivity index (χ0v) is 15.7. The molecule has 0 saturated heterocycles. The van der Waals surface area contributed by atoms with Crippen molar-refractivity contribution >= 4 is 44.2 Å². The lowest BCUT2D eigenvalue weighted by atomic mass is 10.2. The minimum absolute atomic E-state index is 0.0530. The van der Waals surface area contributed by atoms with Crippen LogP contribution < -0.4 is 5.32 Å². The van der Waals surface area contributed by atoms with Crippen molar-refractivity contribution in [2.24, 2.45) is 5.92 Å². The molecule has 3 atom stereocenters. The summed E-state index contributed by atoms with van der Waals surface area (Å²) in [7, 11) is 0. The summed E-state index contributed by atoms with van der Waals surface area (Å²) in [5.74, 6) is 1.92. The number of amides is 1. The van der Waals surface area contributed by atoms with Gasteiger partial charge in [0.15, 0.2) is 0 Å². The molecule has 4 nitrogen and oxygen atoms in total. The highest BCUT2D eigenvalue weighted by atomic mass is 79.9. The summed E-state index contributed by atoms with van der Waals surface area (Å²) in [6.45, 7) is 2.03. The monoisotopic (exact) mass is 403 g/mol. The normalized spacial score (nSPS) is 20.9. The first kappa shape index (κ1) is 15.8. The van der Waals surface area contributed by atoms with Crippen LogP contribution in [0.4, 0.5) is 0 Å². The van der Waals surface area contributed by atoms with Gasteiger partial charge in [-0.25, -0.2) is 4.98 Å². The number of carbonyl (C=O) groups excluding carboxylic acids is 1. The third-order valence-corrected chi connectivity index (χ3v) is 6.33. The van der Waals surface area contributed by atoms with Crippen LogP contribution >= 0.6 is 27.3 Å².